The second-order valence-electron chi connectivity index (χ2n) is 7.15. The van der Waals surface area contributed by atoms with Crippen molar-refractivity contribution in [2.24, 2.45) is 0 Å². The molecular formula is C22H15Cl2FN4O. The van der Waals surface area contributed by atoms with Crippen molar-refractivity contribution in [1.29, 1.82) is 0 Å². The Morgan fingerprint density at radius 2 is 1.90 bits per heavy atom. The van der Waals surface area contributed by atoms with Gasteiger partial charge in [0.2, 0.25) is 0 Å². The number of rotatable bonds is 2. The third-order valence-electron chi connectivity index (χ3n) is 5.25. The van der Waals surface area contributed by atoms with Crippen LogP contribution < -0.4 is 5.56 Å². The number of halogens is 3. The van der Waals surface area contributed by atoms with E-state index in [1.165, 1.54) is 12.1 Å². The van der Waals surface area contributed by atoms with Crippen LogP contribution in [0.5, 0.6) is 0 Å². The number of hydrogen-bond donors (Lipinski definition) is 0. The highest BCUT2D eigenvalue weighted by Crippen LogP contribution is 2.32. The van der Waals surface area contributed by atoms with Crippen molar-refractivity contribution in [2.75, 3.05) is 0 Å². The molecule has 5 nitrogen and oxygen atoms in total. The summed E-state index contributed by atoms with van der Waals surface area (Å²) >= 11 is 12.7. The van der Waals surface area contributed by atoms with E-state index < -0.39 is 0 Å². The summed E-state index contributed by atoms with van der Waals surface area (Å²) < 4.78 is 16.5. The molecule has 0 spiro atoms. The summed E-state index contributed by atoms with van der Waals surface area (Å²) in [6, 6.07) is 11.0. The van der Waals surface area contributed by atoms with Crippen LogP contribution in [-0.2, 0) is 6.54 Å². The number of benzene rings is 2. The van der Waals surface area contributed by atoms with Crippen molar-refractivity contribution >= 4 is 45.8 Å². The molecule has 8 heteroatoms. The molecule has 1 aliphatic heterocycles. The molecule has 1 aliphatic rings. The Morgan fingerprint density at radius 1 is 1.13 bits per heavy atom. The number of nitrogens with zero attached hydrogens (tertiary/aromatic N) is 4. The summed E-state index contributed by atoms with van der Waals surface area (Å²) in [4.78, 5) is 17.5. The van der Waals surface area contributed by atoms with E-state index in [2.05, 4.69) is 10.1 Å². The van der Waals surface area contributed by atoms with Crippen molar-refractivity contribution < 1.29 is 4.39 Å². The maximum Gasteiger partial charge on any atom is 0.261 e. The third-order valence-corrected chi connectivity index (χ3v) is 5.85. The zero-order valence-corrected chi connectivity index (χ0v) is 17.4. The zero-order chi connectivity index (χ0) is 21.0. The highest BCUT2D eigenvalue weighted by molar-refractivity contribution is 6.31. The van der Waals surface area contributed by atoms with Gasteiger partial charge in [-0.05, 0) is 67.5 Å². The number of allylic oxidation sites excluding steroid dienone is 1. The molecule has 150 valence electrons. The van der Waals surface area contributed by atoms with Gasteiger partial charge in [-0.2, -0.15) is 5.10 Å². The van der Waals surface area contributed by atoms with E-state index in [1.54, 1.807) is 39.6 Å². The van der Waals surface area contributed by atoms with Gasteiger partial charge in [0.25, 0.3) is 5.56 Å². The summed E-state index contributed by atoms with van der Waals surface area (Å²) in [5.41, 5.74) is 3.51. The van der Waals surface area contributed by atoms with Crippen LogP contribution >= 0.6 is 23.2 Å². The minimum atomic E-state index is -0.326. The largest absolute Gasteiger partial charge is 0.292 e. The van der Waals surface area contributed by atoms with E-state index in [1.807, 2.05) is 13.0 Å². The molecule has 5 rings (SSSR count). The van der Waals surface area contributed by atoms with E-state index in [-0.39, 0.29) is 11.4 Å². The number of hydrogen-bond acceptors (Lipinski definition) is 3. The third kappa shape index (κ3) is 3.04. The smallest absolute Gasteiger partial charge is 0.261 e. The Balaban J connectivity index is 1.64. The molecule has 0 radical (unpaired) electrons. The first-order valence-electron chi connectivity index (χ1n) is 9.34. The van der Waals surface area contributed by atoms with E-state index in [9.17, 15) is 9.18 Å². The summed E-state index contributed by atoms with van der Waals surface area (Å²) in [5, 5.41) is 5.99. The molecule has 2 aromatic carbocycles. The van der Waals surface area contributed by atoms with Crippen LogP contribution in [0.2, 0.25) is 10.2 Å². The van der Waals surface area contributed by atoms with E-state index >= 15 is 0 Å². The highest BCUT2D eigenvalue weighted by atomic mass is 35.5. The predicted molar refractivity (Wildman–Crippen MR) is 117 cm³/mol. The Morgan fingerprint density at radius 3 is 2.67 bits per heavy atom. The first kappa shape index (κ1) is 19.0. The second kappa shape index (κ2) is 7.07. The van der Waals surface area contributed by atoms with Crippen molar-refractivity contribution in [2.45, 2.75) is 19.9 Å². The summed E-state index contributed by atoms with van der Waals surface area (Å²) in [7, 11) is 0. The monoisotopic (exact) mass is 440 g/mol. The Kier molecular flexibility index (Phi) is 4.49. The molecule has 0 saturated carbocycles. The quantitative estimate of drug-likeness (QED) is 0.425. The SMILES string of the molecule is Cc1nn(-c2ccc(F)cc2)c(Cl)c1/C=C1\CCn2c1nc1cc(Cl)ccc1c2=O. The van der Waals surface area contributed by atoms with Gasteiger partial charge in [-0.15, -0.1) is 0 Å². The van der Waals surface area contributed by atoms with Gasteiger partial charge in [0.1, 0.15) is 16.8 Å². The molecule has 2 aromatic heterocycles. The van der Waals surface area contributed by atoms with Crippen LogP contribution in [0, 0.1) is 12.7 Å². The zero-order valence-electron chi connectivity index (χ0n) is 15.9. The molecular weight excluding hydrogens is 426 g/mol. The van der Waals surface area contributed by atoms with Gasteiger partial charge in [0.15, 0.2) is 0 Å². The average molecular weight is 441 g/mol. The lowest BCUT2D eigenvalue weighted by molar-refractivity contribution is 0.627. The minimum absolute atomic E-state index is 0.0834. The van der Waals surface area contributed by atoms with E-state index in [4.69, 9.17) is 23.2 Å². The van der Waals surface area contributed by atoms with Gasteiger partial charge in [-0.1, -0.05) is 23.2 Å². The van der Waals surface area contributed by atoms with Crippen LogP contribution in [0.4, 0.5) is 4.39 Å². The topological polar surface area (TPSA) is 52.7 Å². The van der Waals surface area contributed by atoms with Gasteiger partial charge in [0, 0.05) is 17.1 Å². The van der Waals surface area contributed by atoms with Gasteiger partial charge < -0.3 is 0 Å². The summed E-state index contributed by atoms with van der Waals surface area (Å²) in [6.07, 6.45) is 2.58. The molecule has 0 aliphatic carbocycles. The van der Waals surface area contributed by atoms with Crippen LogP contribution in [-0.4, -0.2) is 19.3 Å². The molecule has 0 atom stereocenters. The minimum Gasteiger partial charge on any atom is -0.292 e. The number of aromatic nitrogens is 4. The number of fused-ring (bicyclic) bond motifs is 2. The molecule has 3 heterocycles. The van der Waals surface area contributed by atoms with Crippen molar-refractivity contribution in [3.8, 4) is 5.69 Å². The average Bonchev–Trinajstić information content (AvgIpc) is 3.25. The number of aryl methyl sites for hydroxylation is 1. The first-order valence-corrected chi connectivity index (χ1v) is 10.1. The fraction of sp³-hybridized carbons (Fsp3) is 0.136. The maximum absolute atomic E-state index is 13.3. The van der Waals surface area contributed by atoms with E-state index in [0.29, 0.717) is 45.6 Å². The molecule has 0 unspecified atom stereocenters. The summed E-state index contributed by atoms with van der Waals surface area (Å²) in [5.74, 6) is 0.285. The molecule has 0 N–H and O–H groups in total. The van der Waals surface area contributed by atoms with Gasteiger partial charge in [0.05, 0.1) is 22.3 Å². The normalized spacial score (nSPS) is 14.6. The van der Waals surface area contributed by atoms with Gasteiger partial charge in [-0.3, -0.25) is 9.36 Å². The van der Waals surface area contributed by atoms with Crippen molar-refractivity contribution in [1.82, 2.24) is 19.3 Å². The predicted octanol–water partition coefficient (Wildman–Crippen LogP) is 5.28. The molecule has 30 heavy (non-hydrogen) atoms. The molecule has 0 fully saturated rings. The van der Waals surface area contributed by atoms with Gasteiger partial charge in [-0.25, -0.2) is 14.1 Å². The van der Waals surface area contributed by atoms with Crippen LogP contribution in [0.15, 0.2) is 47.3 Å². The Bertz CT molecular complexity index is 1400. The lowest BCUT2D eigenvalue weighted by Gasteiger charge is -2.06. The lowest BCUT2D eigenvalue weighted by atomic mass is 10.1. The standard InChI is InChI=1S/C22H15Cl2FN4O/c1-12-18(20(24)29(27-12)16-5-3-15(25)4-6-16)10-13-8-9-28-21(13)26-19-11-14(23)2-7-17(19)22(28)30/h2-7,10-11H,8-9H2,1H3/b13-10+. The van der Waals surface area contributed by atoms with Crippen LogP contribution in [0.25, 0.3) is 28.2 Å². The van der Waals surface area contributed by atoms with E-state index in [0.717, 1.165) is 16.8 Å². The Hall–Kier alpha value is -2.96. The molecule has 0 amide bonds. The maximum atomic E-state index is 13.3. The lowest BCUT2D eigenvalue weighted by Crippen LogP contribution is -2.20. The van der Waals surface area contributed by atoms with Crippen LogP contribution in [0.3, 0.4) is 0 Å². The summed E-state index contributed by atoms with van der Waals surface area (Å²) in [6.45, 7) is 2.41. The molecule has 0 saturated heterocycles. The highest BCUT2D eigenvalue weighted by Gasteiger charge is 2.23. The Labute approximate surface area is 181 Å². The van der Waals surface area contributed by atoms with Crippen molar-refractivity contribution in [3.63, 3.8) is 0 Å². The fourth-order valence-corrected chi connectivity index (χ4v) is 4.22. The first-order chi connectivity index (χ1) is 14.4. The fourth-order valence-electron chi connectivity index (χ4n) is 3.73. The molecule has 0 bridgehead atoms. The van der Waals surface area contributed by atoms with Crippen LogP contribution in [0.1, 0.15) is 23.5 Å². The van der Waals surface area contributed by atoms with Crippen molar-refractivity contribution in [3.05, 3.63) is 85.9 Å². The van der Waals surface area contributed by atoms with Gasteiger partial charge >= 0.3 is 0 Å². The second-order valence-corrected chi connectivity index (χ2v) is 7.95. The molecule has 4 aromatic rings.